The summed E-state index contributed by atoms with van der Waals surface area (Å²) in [6.45, 7) is 0. The fourth-order valence-corrected chi connectivity index (χ4v) is 3.64. The quantitative estimate of drug-likeness (QED) is 0.718. The van der Waals surface area contributed by atoms with E-state index in [2.05, 4.69) is 10.6 Å². The molecule has 2 aromatic carbocycles. The van der Waals surface area contributed by atoms with Gasteiger partial charge >= 0.3 is 12.0 Å². The molecule has 0 fully saturated rings. The summed E-state index contributed by atoms with van der Waals surface area (Å²) >= 11 is 12.4. The van der Waals surface area contributed by atoms with E-state index in [-0.39, 0.29) is 12.5 Å². The molecule has 0 radical (unpaired) electrons. The lowest BCUT2D eigenvalue weighted by molar-refractivity contribution is -0.138. The van der Waals surface area contributed by atoms with Gasteiger partial charge < -0.3 is 20.6 Å². The largest absolute Gasteiger partial charge is 0.480 e. The number of hydrogen-bond donors (Lipinski definition) is 3. The molecule has 1 aliphatic heterocycles. The Morgan fingerprint density at radius 3 is 2.58 bits per heavy atom. The van der Waals surface area contributed by atoms with Gasteiger partial charge in [0.1, 0.15) is 6.04 Å². The summed E-state index contributed by atoms with van der Waals surface area (Å²) in [6, 6.07) is 10.5. The van der Waals surface area contributed by atoms with E-state index in [4.69, 9.17) is 23.2 Å². The Morgan fingerprint density at radius 2 is 1.92 bits per heavy atom. The maximum Gasteiger partial charge on any atom is 0.326 e. The van der Waals surface area contributed by atoms with E-state index >= 15 is 0 Å². The summed E-state index contributed by atoms with van der Waals surface area (Å²) in [4.78, 5) is 25.6. The molecule has 0 unspecified atom stereocenters. The minimum atomic E-state index is -1.01. The van der Waals surface area contributed by atoms with E-state index in [1.807, 2.05) is 18.2 Å². The SMILES string of the molecule is CN(C(=O)Nc1ccccc1)[C@@H]1C[C@@H](C(=O)O)Nc2cc(Cl)cc(Cl)c21. The van der Waals surface area contributed by atoms with Crippen LogP contribution in [-0.2, 0) is 4.79 Å². The predicted octanol–water partition coefficient (Wildman–Crippen LogP) is 4.47. The third kappa shape index (κ3) is 3.71. The molecule has 0 saturated carbocycles. The number of carbonyl (C=O) groups excluding carboxylic acids is 1. The van der Waals surface area contributed by atoms with Crippen LogP contribution >= 0.6 is 23.2 Å². The van der Waals surface area contributed by atoms with Crippen molar-refractivity contribution in [3.8, 4) is 0 Å². The molecule has 6 nitrogen and oxygen atoms in total. The van der Waals surface area contributed by atoms with Gasteiger partial charge in [0.2, 0.25) is 0 Å². The van der Waals surface area contributed by atoms with Crippen LogP contribution in [-0.4, -0.2) is 35.1 Å². The number of carbonyl (C=O) groups is 2. The number of fused-ring (bicyclic) bond motifs is 1. The van der Waals surface area contributed by atoms with E-state index in [1.165, 1.54) is 4.90 Å². The first-order valence-electron chi connectivity index (χ1n) is 7.94. The number of benzene rings is 2. The Kier molecular flexibility index (Phi) is 5.25. The average molecular weight is 394 g/mol. The molecule has 2 atom stereocenters. The molecule has 8 heteroatoms. The zero-order valence-electron chi connectivity index (χ0n) is 13.9. The minimum absolute atomic E-state index is 0.183. The summed E-state index contributed by atoms with van der Waals surface area (Å²) in [7, 11) is 1.61. The number of carboxylic acid groups (broad SMARTS) is 1. The fourth-order valence-electron chi connectivity index (χ4n) is 3.02. The van der Waals surface area contributed by atoms with Crippen molar-refractivity contribution in [2.24, 2.45) is 0 Å². The topological polar surface area (TPSA) is 81.7 Å². The molecule has 136 valence electrons. The van der Waals surface area contributed by atoms with Crippen LogP contribution in [0.2, 0.25) is 10.0 Å². The van der Waals surface area contributed by atoms with Gasteiger partial charge in [-0.15, -0.1) is 0 Å². The first-order chi connectivity index (χ1) is 12.4. The minimum Gasteiger partial charge on any atom is -0.480 e. The van der Waals surface area contributed by atoms with Crippen molar-refractivity contribution in [2.45, 2.75) is 18.5 Å². The third-order valence-corrected chi connectivity index (χ3v) is 4.86. The van der Waals surface area contributed by atoms with Crippen molar-refractivity contribution in [1.29, 1.82) is 0 Å². The standard InChI is InChI=1S/C18H17Cl2N3O3/c1-23(18(26)21-11-5-3-2-4-6-11)15-9-14(17(24)25)22-13-8-10(19)7-12(20)16(13)15/h2-8,14-15,22H,9H2,1H3,(H,21,26)(H,24,25)/t14-,15+/m0/s1. The van der Waals surface area contributed by atoms with Gasteiger partial charge in [0.05, 0.1) is 6.04 Å². The second kappa shape index (κ2) is 7.43. The van der Waals surface area contributed by atoms with Gasteiger partial charge in [0.25, 0.3) is 0 Å². The van der Waals surface area contributed by atoms with Gasteiger partial charge in [0.15, 0.2) is 0 Å². The monoisotopic (exact) mass is 393 g/mol. The number of halogens is 2. The van der Waals surface area contributed by atoms with Gasteiger partial charge in [-0.1, -0.05) is 41.4 Å². The molecule has 26 heavy (non-hydrogen) atoms. The van der Waals surface area contributed by atoms with Crippen LogP contribution in [0, 0.1) is 0 Å². The molecule has 3 N–H and O–H groups in total. The molecule has 2 aromatic rings. The molecular formula is C18H17Cl2N3O3. The molecule has 0 aromatic heterocycles. The average Bonchev–Trinajstić information content (AvgIpc) is 2.60. The highest BCUT2D eigenvalue weighted by Crippen LogP contribution is 2.42. The third-order valence-electron chi connectivity index (χ3n) is 4.33. The van der Waals surface area contributed by atoms with Crippen LogP contribution in [0.4, 0.5) is 16.2 Å². The highest BCUT2D eigenvalue weighted by atomic mass is 35.5. The molecule has 0 bridgehead atoms. The van der Waals surface area contributed by atoms with E-state index < -0.39 is 18.1 Å². The van der Waals surface area contributed by atoms with Gasteiger partial charge in [-0.05, 0) is 24.3 Å². The van der Waals surface area contributed by atoms with E-state index in [1.54, 1.807) is 31.3 Å². The van der Waals surface area contributed by atoms with Crippen LogP contribution in [0.3, 0.4) is 0 Å². The number of carboxylic acids is 1. The summed E-state index contributed by atoms with van der Waals surface area (Å²) < 4.78 is 0. The molecular weight excluding hydrogens is 377 g/mol. The highest BCUT2D eigenvalue weighted by Gasteiger charge is 2.36. The Labute approximate surface area is 160 Å². The van der Waals surface area contributed by atoms with Crippen LogP contribution < -0.4 is 10.6 Å². The second-order valence-corrected chi connectivity index (χ2v) is 6.89. The number of anilines is 2. The van der Waals surface area contributed by atoms with Gasteiger partial charge in [-0.3, -0.25) is 0 Å². The second-order valence-electron chi connectivity index (χ2n) is 6.04. The van der Waals surface area contributed by atoms with Crippen LogP contribution in [0.5, 0.6) is 0 Å². The number of amides is 2. The normalized spacial score (nSPS) is 18.4. The molecule has 0 aliphatic carbocycles. The maximum atomic E-state index is 12.7. The van der Waals surface area contributed by atoms with Crippen molar-refractivity contribution in [2.75, 3.05) is 17.7 Å². The lowest BCUT2D eigenvalue weighted by Crippen LogP contribution is -2.43. The van der Waals surface area contributed by atoms with Crippen LogP contribution in [0.25, 0.3) is 0 Å². The number of aliphatic carboxylic acids is 1. The van der Waals surface area contributed by atoms with Crippen molar-refractivity contribution >= 4 is 46.6 Å². The molecule has 1 heterocycles. The van der Waals surface area contributed by atoms with Crippen molar-refractivity contribution in [3.63, 3.8) is 0 Å². The number of rotatable bonds is 3. The summed E-state index contributed by atoms with van der Waals surface area (Å²) in [6.07, 6.45) is 0.183. The molecule has 3 rings (SSSR count). The van der Waals surface area contributed by atoms with Crippen LogP contribution in [0.1, 0.15) is 18.0 Å². The Bertz CT molecular complexity index is 845. The van der Waals surface area contributed by atoms with Crippen molar-refractivity contribution < 1.29 is 14.7 Å². The zero-order chi connectivity index (χ0) is 18.8. The number of nitrogens with one attached hydrogen (secondary N) is 2. The maximum absolute atomic E-state index is 12.7. The first kappa shape index (κ1) is 18.4. The van der Waals surface area contributed by atoms with Gasteiger partial charge in [-0.2, -0.15) is 0 Å². The van der Waals surface area contributed by atoms with Gasteiger partial charge in [0, 0.05) is 40.5 Å². The van der Waals surface area contributed by atoms with Crippen molar-refractivity contribution in [3.05, 3.63) is 58.1 Å². The van der Waals surface area contributed by atoms with Gasteiger partial charge in [-0.25, -0.2) is 9.59 Å². The number of nitrogens with zero attached hydrogens (tertiary/aromatic N) is 1. The summed E-state index contributed by atoms with van der Waals surface area (Å²) in [5.41, 5.74) is 1.82. The zero-order valence-corrected chi connectivity index (χ0v) is 15.4. The number of urea groups is 1. The Hall–Kier alpha value is -2.44. The number of hydrogen-bond acceptors (Lipinski definition) is 3. The molecule has 1 aliphatic rings. The van der Waals surface area contributed by atoms with Crippen LogP contribution in [0.15, 0.2) is 42.5 Å². The van der Waals surface area contributed by atoms with Crippen molar-refractivity contribution in [1.82, 2.24) is 4.90 Å². The number of para-hydroxylation sites is 1. The highest BCUT2D eigenvalue weighted by molar-refractivity contribution is 6.35. The molecule has 2 amide bonds. The first-order valence-corrected chi connectivity index (χ1v) is 8.69. The smallest absolute Gasteiger partial charge is 0.326 e. The predicted molar refractivity (Wildman–Crippen MR) is 102 cm³/mol. The lowest BCUT2D eigenvalue weighted by atomic mass is 9.92. The van der Waals surface area contributed by atoms with E-state index in [0.29, 0.717) is 27.0 Å². The van der Waals surface area contributed by atoms with E-state index in [9.17, 15) is 14.7 Å². The molecule has 0 saturated heterocycles. The molecule has 0 spiro atoms. The Balaban J connectivity index is 1.92. The summed E-state index contributed by atoms with van der Waals surface area (Å²) in [5.74, 6) is -1.01. The lowest BCUT2D eigenvalue weighted by Gasteiger charge is -2.37. The summed E-state index contributed by atoms with van der Waals surface area (Å²) in [5, 5.41) is 15.9. The van der Waals surface area contributed by atoms with E-state index in [0.717, 1.165) is 0 Å². The fraction of sp³-hybridized carbons (Fsp3) is 0.222. The Morgan fingerprint density at radius 1 is 1.23 bits per heavy atom.